The zero-order valence-electron chi connectivity index (χ0n) is 16.8. The van der Waals surface area contributed by atoms with Gasteiger partial charge in [-0.1, -0.05) is 18.2 Å². The molecule has 0 spiro atoms. The van der Waals surface area contributed by atoms with Gasteiger partial charge in [-0.05, 0) is 44.2 Å². The second-order valence-corrected chi connectivity index (χ2v) is 7.97. The lowest BCUT2D eigenvalue weighted by molar-refractivity contribution is -0.853. The number of carbonyl (C=O) groups is 1. The van der Waals surface area contributed by atoms with Gasteiger partial charge >= 0.3 is 12.5 Å². The van der Waals surface area contributed by atoms with E-state index in [1.54, 1.807) is 44.2 Å². The minimum absolute atomic E-state index is 0.0173. The van der Waals surface area contributed by atoms with Crippen molar-refractivity contribution in [1.29, 1.82) is 0 Å². The van der Waals surface area contributed by atoms with E-state index < -0.39 is 40.9 Å². The van der Waals surface area contributed by atoms with Crippen molar-refractivity contribution in [3.63, 3.8) is 0 Å². The highest BCUT2D eigenvalue weighted by atomic mass is 19.3. The summed E-state index contributed by atoms with van der Waals surface area (Å²) in [6, 6.07) is 11.9. The van der Waals surface area contributed by atoms with Gasteiger partial charge in [0.25, 0.3) is 5.89 Å². The van der Waals surface area contributed by atoms with Crippen LogP contribution in [-0.4, -0.2) is 33.0 Å². The fourth-order valence-electron chi connectivity index (χ4n) is 3.60. The predicted molar refractivity (Wildman–Crippen MR) is 105 cm³/mol. The van der Waals surface area contributed by atoms with Crippen LogP contribution in [0.5, 0.6) is 0 Å². The van der Waals surface area contributed by atoms with Gasteiger partial charge in [-0.15, -0.1) is 10.2 Å². The Bertz CT molecular complexity index is 1120. The first-order chi connectivity index (χ1) is 14.6. The third kappa shape index (κ3) is 3.57. The number of carbonyl (C=O) groups excluding carboxylic acids is 1. The SMILES string of the molecule is CC1(C)CN(c2ccccc2)C(=O)[N+]1([O-])Cc1ccc(-c2nnc(C(F)F)o2)cc1F. The van der Waals surface area contributed by atoms with Crippen LogP contribution in [0.15, 0.2) is 52.9 Å². The Hall–Kier alpha value is -3.24. The van der Waals surface area contributed by atoms with E-state index in [0.29, 0.717) is 5.69 Å². The Morgan fingerprint density at radius 2 is 1.90 bits per heavy atom. The Kier molecular flexibility index (Phi) is 5.06. The first-order valence-electron chi connectivity index (χ1n) is 9.49. The lowest BCUT2D eigenvalue weighted by Gasteiger charge is -2.44. The van der Waals surface area contributed by atoms with Crippen molar-refractivity contribution in [1.82, 2.24) is 10.2 Å². The monoisotopic (exact) mass is 432 g/mol. The zero-order valence-corrected chi connectivity index (χ0v) is 16.8. The number of para-hydroxylation sites is 1. The average Bonchev–Trinajstić information content (AvgIpc) is 3.29. The minimum atomic E-state index is -2.94. The Labute approximate surface area is 175 Å². The largest absolute Gasteiger partial charge is 0.623 e. The molecule has 3 aromatic rings. The third-order valence-corrected chi connectivity index (χ3v) is 5.45. The number of hydroxylamine groups is 3. The Morgan fingerprint density at radius 3 is 2.52 bits per heavy atom. The molecule has 0 N–H and O–H groups in total. The van der Waals surface area contributed by atoms with E-state index in [1.165, 1.54) is 17.0 Å². The van der Waals surface area contributed by atoms with E-state index in [9.17, 15) is 23.2 Å². The summed E-state index contributed by atoms with van der Waals surface area (Å²) in [5.74, 6) is -1.90. The highest BCUT2D eigenvalue weighted by molar-refractivity contribution is 5.89. The normalized spacial score (nSPS) is 20.6. The quantitative estimate of drug-likeness (QED) is 0.416. The summed E-state index contributed by atoms with van der Waals surface area (Å²) in [5, 5.41) is 20.4. The highest BCUT2D eigenvalue weighted by Crippen LogP contribution is 2.39. The molecule has 2 aromatic carbocycles. The standard InChI is InChI=1S/C21H19F3N4O3/c1-21(2)12-27(15-6-4-3-5-7-15)20(29)28(21,30)11-14-9-8-13(10-16(14)22)18-25-26-19(31-18)17(23)24/h3-10,17H,11-12H2,1-2H3. The molecule has 0 saturated carbocycles. The highest BCUT2D eigenvalue weighted by Gasteiger charge is 2.54. The smallest absolute Gasteiger partial charge is 0.424 e. The van der Waals surface area contributed by atoms with Gasteiger partial charge in [0.15, 0.2) is 0 Å². The summed E-state index contributed by atoms with van der Waals surface area (Å²) < 4.78 is 43.6. The van der Waals surface area contributed by atoms with Crippen molar-refractivity contribution in [2.24, 2.45) is 0 Å². The Balaban J connectivity index is 1.62. The van der Waals surface area contributed by atoms with Crippen LogP contribution >= 0.6 is 0 Å². The Morgan fingerprint density at radius 1 is 1.19 bits per heavy atom. The molecule has 1 aliphatic rings. The third-order valence-electron chi connectivity index (χ3n) is 5.45. The molecule has 31 heavy (non-hydrogen) atoms. The molecule has 0 bridgehead atoms. The van der Waals surface area contributed by atoms with Crippen molar-refractivity contribution in [3.8, 4) is 11.5 Å². The summed E-state index contributed by atoms with van der Waals surface area (Å²) in [4.78, 5) is 14.5. The number of urea groups is 1. The number of aromatic nitrogens is 2. The van der Waals surface area contributed by atoms with Gasteiger partial charge in [-0.25, -0.2) is 9.18 Å². The van der Waals surface area contributed by atoms with Crippen LogP contribution in [0.25, 0.3) is 11.5 Å². The molecule has 1 aliphatic heterocycles. The molecule has 1 fully saturated rings. The number of nitrogens with zero attached hydrogens (tertiary/aromatic N) is 4. The maximum Gasteiger partial charge on any atom is 0.424 e. The molecule has 7 nitrogen and oxygen atoms in total. The van der Waals surface area contributed by atoms with Crippen LogP contribution in [0, 0.1) is 11.0 Å². The molecular formula is C21H19F3N4O3. The first kappa shape index (κ1) is 21.0. The number of benzene rings is 2. The topological polar surface area (TPSA) is 82.3 Å². The van der Waals surface area contributed by atoms with E-state index in [4.69, 9.17) is 4.42 Å². The number of halogens is 3. The van der Waals surface area contributed by atoms with Gasteiger partial charge in [0.1, 0.15) is 17.9 Å². The maximum absolute atomic E-state index is 14.8. The number of rotatable bonds is 5. The van der Waals surface area contributed by atoms with Crippen LogP contribution in [0.1, 0.15) is 31.7 Å². The lowest BCUT2D eigenvalue weighted by Crippen LogP contribution is -2.56. The van der Waals surface area contributed by atoms with Gasteiger partial charge in [-0.3, -0.25) is 9.55 Å². The molecule has 1 saturated heterocycles. The van der Waals surface area contributed by atoms with Crippen LogP contribution in [0.3, 0.4) is 0 Å². The second-order valence-electron chi connectivity index (χ2n) is 7.97. The summed E-state index contributed by atoms with van der Waals surface area (Å²) in [6.45, 7) is 3.08. The number of alkyl halides is 2. The van der Waals surface area contributed by atoms with Gasteiger partial charge in [0, 0.05) is 16.8 Å². The van der Waals surface area contributed by atoms with Crippen LogP contribution in [0.2, 0.25) is 0 Å². The molecule has 2 amide bonds. The van der Waals surface area contributed by atoms with E-state index in [2.05, 4.69) is 10.2 Å². The van der Waals surface area contributed by atoms with Crippen LogP contribution in [-0.2, 0) is 6.54 Å². The van der Waals surface area contributed by atoms with Crippen LogP contribution in [0.4, 0.5) is 23.7 Å². The lowest BCUT2D eigenvalue weighted by atomic mass is 10.0. The molecular weight excluding hydrogens is 413 g/mol. The summed E-state index contributed by atoms with van der Waals surface area (Å²) in [7, 11) is 0. The minimum Gasteiger partial charge on any atom is -0.623 e. The molecule has 2 heterocycles. The van der Waals surface area contributed by atoms with Gasteiger partial charge in [-0.2, -0.15) is 8.78 Å². The van der Waals surface area contributed by atoms with E-state index in [1.807, 2.05) is 0 Å². The number of hydrogen-bond donors (Lipinski definition) is 0. The first-order valence-corrected chi connectivity index (χ1v) is 9.49. The van der Waals surface area contributed by atoms with Crippen molar-refractivity contribution in [3.05, 3.63) is 71.0 Å². The fourth-order valence-corrected chi connectivity index (χ4v) is 3.60. The molecule has 1 atom stereocenters. The number of anilines is 1. The molecule has 4 rings (SSSR count). The van der Waals surface area contributed by atoms with Crippen molar-refractivity contribution in [2.75, 3.05) is 11.4 Å². The number of amides is 2. The molecule has 1 unspecified atom stereocenters. The van der Waals surface area contributed by atoms with Crippen LogP contribution < -0.4 is 4.90 Å². The molecule has 0 aliphatic carbocycles. The van der Waals surface area contributed by atoms with Crippen molar-refractivity contribution < 1.29 is 27.0 Å². The van der Waals surface area contributed by atoms with Gasteiger partial charge in [0.05, 0.1) is 6.54 Å². The summed E-state index contributed by atoms with van der Waals surface area (Å²) in [5.41, 5.74) is -0.324. The van der Waals surface area contributed by atoms with E-state index >= 15 is 0 Å². The maximum atomic E-state index is 14.8. The van der Waals surface area contributed by atoms with Gasteiger partial charge < -0.3 is 9.62 Å². The predicted octanol–water partition coefficient (Wildman–Crippen LogP) is 5.05. The fraction of sp³-hybridized carbons (Fsp3) is 0.286. The zero-order chi connectivity index (χ0) is 22.4. The number of hydrogen-bond acceptors (Lipinski definition) is 5. The molecule has 0 radical (unpaired) electrons. The molecule has 1 aromatic heterocycles. The summed E-state index contributed by atoms with van der Waals surface area (Å²) >= 11 is 0. The average molecular weight is 432 g/mol. The van der Waals surface area contributed by atoms with Crippen molar-refractivity contribution >= 4 is 11.7 Å². The number of quaternary nitrogens is 1. The molecule has 162 valence electrons. The second kappa shape index (κ2) is 7.47. The van der Waals surface area contributed by atoms with Crippen molar-refractivity contribution in [2.45, 2.75) is 32.4 Å². The molecule has 10 heteroatoms. The van der Waals surface area contributed by atoms with E-state index in [0.717, 1.165) is 6.07 Å². The van der Waals surface area contributed by atoms with E-state index in [-0.39, 0.29) is 23.6 Å². The van der Waals surface area contributed by atoms with Gasteiger partial charge in [0.2, 0.25) is 5.89 Å². The summed E-state index contributed by atoms with van der Waals surface area (Å²) in [6.07, 6.45) is -2.94.